The minimum absolute atomic E-state index is 0.0667. The van der Waals surface area contributed by atoms with E-state index in [0.717, 1.165) is 24.1 Å². The highest BCUT2D eigenvalue weighted by Crippen LogP contribution is 2.28. The molecule has 3 aliphatic rings. The van der Waals surface area contributed by atoms with Gasteiger partial charge in [-0.25, -0.2) is 9.18 Å². The molecule has 4 rings (SSSR count). The standard InChI is InChI=1S/C34H50FN3O6/c1-23-8-10-30(39)21-32(40)44-33(25(3)17-26-18-27(35)20-29(19-26)37-13-15-42-16-14-37)24(2)9-11-31(23)43-34(41)38-12-6-7-28(22-38)36(4)5/h9,11,17-20,23-24,28,30-31,33,39H,6-8,10,12-16,21-22H2,1-5H3/b11-9+,25-17+/t23-,24-,28?,30+,31?,33-/m0/s1. The topological polar surface area (TPSA) is 91.8 Å². The van der Waals surface area contributed by atoms with Crippen molar-refractivity contribution < 1.29 is 33.3 Å². The van der Waals surface area contributed by atoms with E-state index in [1.54, 1.807) is 4.90 Å². The van der Waals surface area contributed by atoms with Gasteiger partial charge >= 0.3 is 12.1 Å². The number of esters is 1. The van der Waals surface area contributed by atoms with Crippen molar-refractivity contribution >= 4 is 23.8 Å². The number of anilines is 1. The largest absolute Gasteiger partial charge is 0.457 e. The number of cyclic esters (lactones) is 1. The van der Waals surface area contributed by atoms with E-state index < -0.39 is 24.3 Å². The van der Waals surface area contributed by atoms with Crippen molar-refractivity contribution in [1.29, 1.82) is 0 Å². The first-order chi connectivity index (χ1) is 21.0. The lowest BCUT2D eigenvalue weighted by atomic mass is 9.91. The Kier molecular flexibility index (Phi) is 12.2. The van der Waals surface area contributed by atoms with Crippen LogP contribution in [-0.4, -0.2) is 105 Å². The maximum atomic E-state index is 14.7. The average molecular weight is 616 g/mol. The van der Waals surface area contributed by atoms with Crippen molar-refractivity contribution in [3.63, 3.8) is 0 Å². The maximum Gasteiger partial charge on any atom is 0.410 e. The predicted octanol–water partition coefficient (Wildman–Crippen LogP) is 4.88. The summed E-state index contributed by atoms with van der Waals surface area (Å²) in [4.78, 5) is 32.2. The van der Waals surface area contributed by atoms with Crippen LogP contribution in [0.3, 0.4) is 0 Å². The zero-order chi connectivity index (χ0) is 31.8. The van der Waals surface area contributed by atoms with Crippen molar-refractivity contribution in [3.8, 4) is 0 Å². The van der Waals surface area contributed by atoms with Gasteiger partial charge in [-0.2, -0.15) is 0 Å². The van der Waals surface area contributed by atoms with Gasteiger partial charge in [-0.1, -0.05) is 26.0 Å². The molecular weight excluding hydrogens is 565 g/mol. The number of likely N-dealkylation sites (tertiary alicyclic amines) is 1. The van der Waals surface area contributed by atoms with Gasteiger partial charge in [-0.05, 0) is 88.0 Å². The van der Waals surface area contributed by atoms with E-state index in [4.69, 9.17) is 14.2 Å². The van der Waals surface area contributed by atoms with Crippen molar-refractivity contribution in [2.75, 3.05) is 58.4 Å². The van der Waals surface area contributed by atoms with E-state index >= 15 is 0 Å². The Morgan fingerprint density at radius 2 is 1.84 bits per heavy atom. The molecule has 3 aliphatic heterocycles. The fourth-order valence-electron chi connectivity index (χ4n) is 6.21. The van der Waals surface area contributed by atoms with Gasteiger partial charge in [0.25, 0.3) is 0 Å². The summed E-state index contributed by atoms with van der Waals surface area (Å²) in [7, 11) is 4.06. The number of morpholine rings is 1. The zero-order valence-electron chi connectivity index (χ0n) is 26.9. The Bertz CT molecular complexity index is 1180. The van der Waals surface area contributed by atoms with Crippen LogP contribution >= 0.6 is 0 Å². The first-order valence-corrected chi connectivity index (χ1v) is 16.0. The van der Waals surface area contributed by atoms with Crippen LogP contribution in [0.2, 0.25) is 0 Å². The molecule has 44 heavy (non-hydrogen) atoms. The molecule has 1 amide bonds. The summed E-state index contributed by atoms with van der Waals surface area (Å²) in [5, 5.41) is 10.6. The number of ether oxygens (including phenoxy) is 3. The number of hydrogen-bond donors (Lipinski definition) is 1. The number of aliphatic hydroxyl groups excluding tert-OH is 1. The quantitative estimate of drug-likeness (QED) is 0.370. The van der Waals surface area contributed by atoms with Gasteiger partial charge in [0.2, 0.25) is 0 Å². The van der Waals surface area contributed by atoms with Crippen LogP contribution in [0, 0.1) is 17.7 Å². The molecule has 1 aromatic rings. The molecule has 3 heterocycles. The number of carbonyl (C=O) groups excluding carboxylic acids is 2. The first-order valence-electron chi connectivity index (χ1n) is 16.0. The summed E-state index contributed by atoms with van der Waals surface area (Å²) in [6, 6.07) is 5.21. The summed E-state index contributed by atoms with van der Waals surface area (Å²) in [5.41, 5.74) is 2.19. The lowest BCUT2D eigenvalue weighted by Gasteiger charge is -2.36. The molecule has 0 bridgehead atoms. The molecule has 0 aliphatic carbocycles. The first kappa shape index (κ1) is 33.9. The van der Waals surface area contributed by atoms with Gasteiger partial charge in [0.15, 0.2) is 0 Å². The van der Waals surface area contributed by atoms with Gasteiger partial charge in [0.1, 0.15) is 18.0 Å². The Labute approximate surface area is 261 Å². The number of hydrogen-bond acceptors (Lipinski definition) is 8. The van der Waals surface area contributed by atoms with Crippen molar-refractivity contribution in [3.05, 3.63) is 47.3 Å². The van der Waals surface area contributed by atoms with E-state index in [2.05, 4.69) is 9.80 Å². The Hall–Kier alpha value is -2.95. The van der Waals surface area contributed by atoms with E-state index in [1.807, 2.05) is 59.2 Å². The molecule has 0 aromatic heterocycles. The highest BCUT2D eigenvalue weighted by atomic mass is 19.1. The molecule has 10 heteroatoms. The summed E-state index contributed by atoms with van der Waals surface area (Å²) in [6.07, 6.45) is 6.11. The van der Waals surface area contributed by atoms with Crippen LogP contribution in [0.15, 0.2) is 35.9 Å². The molecule has 9 nitrogen and oxygen atoms in total. The van der Waals surface area contributed by atoms with E-state index in [1.165, 1.54) is 12.1 Å². The minimum Gasteiger partial charge on any atom is -0.457 e. The van der Waals surface area contributed by atoms with Gasteiger partial charge in [0.05, 0.1) is 25.7 Å². The number of nitrogens with zero attached hydrogens (tertiary/aromatic N) is 3. The smallest absolute Gasteiger partial charge is 0.410 e. The third kappa shape index (κ3) is 9.52. The molecule has 0 saturated carbocycles. The summed E-state index contributed by atoms with van der Waals surface area (Å²) < 4.78 is 32.1. The Balaban J connectivity index is 1.56. The van der Waals surface area contributed by atoms with Crippen LogP contribution < -0.4 is 4.90 Å². The van der Waals surface area contributed by atoms with Gasteiger partial charge in [-0.15, -0.1) is 0 Å². The molecule has 244 valence electrons. The molecule has 2 unspecified atom stereocenters. The van der Waals surface area contributed by atoms with Gasteiger partial charge < -0.3 is 34.0 Å². The lowest BCUT2D eigenvalue weighted by Crippen LogP contribution is -2.48. The summed E-state index contributed by atoms with van der Waals surface area (Å²) in [5.74, 6) is -1.17. The van der Waals surface area contributed by atoms with E-state index in [9.17, 15) is 19.1 Å². The molecular formula is C34H50FN3O6. The molecule has 0 radical (unpaired) electrons. The van der Waals surface area contributed by atoms with Crippen LogP contribution in [0.1, 0.15) is 58.4 Å². The van der Waals surface area contributed by atoms with E-state index in [0.29, 0.717) is 63.8 Å². The Morgan fingerprint density at radius 3 is 2.57 bits per heavy atom. The monoisotopic (exact) mass is 615 g/mol. The number of carbonyl (C=O) groups is 2. The third-order valence-corrected chi connectivity index (χ3v) is 9.00. The highest BCUT2D eigenvalue weighted by molar-refractivity contribution is 5.71. The molecule has 1 N–H and O–H groups in total. The molecule has 1 aromatic carbocycles. The second-order valence-electron chi connectivity index (χ2n) is 12.9. The fraction of sp³-hybridized carbons (Fsp3) is 0.647. The van der Waals surface area contributed by atoms with Crippen molar-refractivity contribution in [2.45, 2.75) is 77.2 Å². The number of halogens is 1. The normalized spacial score (nSPS) is 30.3. The van der Waals surface area contributed by atoms with Gasteiger partial charge in [-0.3, -0.25) is 4.79 Å². The summed E-state index contributed by atoms with van der Waals surface area (Å²) in [6.45, 7) is 9.66. The zero-order valence-corrected chi connectivity index (χ0v) is 26.9. The number of benzene rings is 1. The van der Waals surface area contributed by atoms with Crippen LogP contribution in [0.4, 0.5) is 14.9 Å². The Morgan fingerprint density at radius 1 is 1.09 bits per heavy atom. The minimum atomic E-state index is -0.868. The number of rotatable bonds is 5. The maximum absolute atomic E-state index is 14.7. The molecule has 2 fully saturated rings. The second-order valence-corrected chi connectivity index (χ2v) is 12.9. The molecule has 0 spiro atoms. The highest BCUT2D eigenvalue weighted by Gasteiger charge is 2.30. The lowest BCUT2D eigenvalue weighted by molar-refractivity contribution is -0.151. The second kappa shape index (κ2) is 15.9. The summed E-state index contributed by atoms with van der Waals surface area (Å²) >= 11 is 0. The number of amides is 1. The molecule has 6 atom stereocenters. The number of likely N-dealkylation sites (N-methyl/N-ethyl adjacent to an activating group) is 1. The van der Waals surface area contributed by atoms with Gasteiger partial charge in [0, 0.05) is 43.8 Å². The SMILES string of the molecule is C/C(=C\c1cc(F)cc(N2CCOCC2)c1)[C@H]1OC(=O)C[C@H](O)CC[C@H](C)C(OC(=O)N2CCCC(N(C)C)C2)/C=C/[C@@H]1C. The van der Waals surface area contributed by atoms with Crippen LogP contribution in [0.25, 0.3) is 6.08 Å². The van der Waals surface area contributed by atoms with Crippen LogP contribution in [0.5, 0.6) is 0 Å². The van der Waals surface area contributed by atoms with E-state index in [-0.39, 0.29) is 30.2 Å². The average Bonchev–Trinajstić information content (AvgIpc) is 3.00. The molecule has 2 saturated heterocycles. The predicted molar refractivity (Wildman–Crippen MR) is 169 cm³/mol. The fourth-order valence-corrected chi connectivity index (χ4v) is 6.21. The van der Waals surface area contributed by atoms with Crippen molar-refractivity contribution in [2.24, 2.45) is 11.8 Å². The number of piperidine rings is 1. The third-order valence-electron chi connectivity index (χ3n) is 9.00. The van der Waals surface area contributed by atoms with Crippen molar-refractivity contribution in [1.82, 2.24) is 9.80 Å². The van der Waals surface area contributed by atoms with Crippen LogP contribution in [-0.2, 0) is 19.0 Å². The number of aliphatic hydroxyl groups is 1.